The number of methoxy groups -OCH3 is 1. The first-order valence-electron chi connectivity index (χ1n) is 36.6. The molecular weight excluding hydrogens is 1270 g/mol. The Morgan fingerprint density at radius 1 is 0.427 bits per heavy atom. The van der Waals surface area contributed by atoms with Crippen molar-refractivity contribution >= 4 is 0 Å². The molecular formula is C93H130N2O8. The summed E-state index contributed by atoms with van der Waals surface area (Å²) in [6.07, 6.45) is 7.45. The van der Waals surface area contributed by atoms with Gasteiger partial charge in [0.15, 0.2) is 0 Å². The van der Waals surface area contributed by atoms with E-state index in [4.69, 9.17) is 24.4 Å². The molecule has 2 aromatic heterocycles. The summed E-state index contributed by atoms with van der Waals surface area (Å²) < 4.78 is 16.2. The molecule has 0 radical (unpaired) electrons. The van der Waals surface area contributed by atoms with E-state index in [2.05, 4.69) is 201 Å². The standard InChI is InChI=1S/C13H20O3.C12H18O.C11H16O.C11H16.C10H14O.C10H12.C9H13NO.C9H11N.C8H10O/c1-10-4-6-11(7-5-10)13(2,3)16-9-12(15)8-14;1-5-13-12(3,4)11-8-6-10(2)7-9-11;1-9-4-6-10(7-5-9)11(2,3)8-12;1-9-5-7-10(8-6-9)11(2,3)4;1-8-4-6-9(7-5-8)10(2,3)11;1-8-7-10(8)9-5-3-2-4-6-9;1-7-4-5-8(10-6-7)9(2,3)11;1-7-6-9(7)8-2-4-10-5-3-8;1-7-3-5-8(9-2)6-4-7/h4-7,12,14-15H,8-9H2,1-3H3;6-9H,5H2,1-4H3;4-7,12H,8H2,1-3H3;5-8H,1-4H3;4-7,11H,1-3H3;2-6,8,10H,7H2,1H3;4-6,11H,1-3H3;2-5,7,9H,6H2,1H3;3-6H,1-2H3/t;;;;;8-,10-;;7-,9-;/m.....1.1./s1. The third kappa shape index (κ3) is 35.1. The van der Waals surface area contributed by atoms with Crippen molar-refractivity contribution in [2.45, 2.75) is 223 Å². The quantitative estimate of drug-likeness (QED) is 0.0670. The summed E-state index contributed by atoms with van der Waals surface area (Å²) in [4.78, 5) is 8.08. The fourth-order valence-corrected chi connectivity index (χ4v) is 10.3. The molecule has 9 aromatic rings. The van der Waals surface area contributed by atoms with Crippen LogP contribution in [-0.4, -0.2) is 75.1 Å². The Labute approximate surface area is 623 Å². The van der Waals surface area contributed by atoms with Crippen LogP contribution in [0.3, 0.4) is 0 Å². The minimum atomic E-state index is -0.826. The number of benzene rings is 7. The van der Waals surface area contributed by atoms with Crippen molar-refractivity contribution in [3.8, 4) is 5.75 Å². The van der Waals surface area contributed by atoms with E-state index < -0.39 is 22.9 Å². The topological polar surface area (TPSA) is 155 Å². The molecule has 0 aliphatic heterocycles. The van der Waals surface area contributed by atoms with Gasteiger partial charge in [0.1, 0.15) is 17.5 Å². The molecule has 5 atom stereocenters. The maximum absolute atomic E-state index is 9.58. The van der Waals surface area contributed by atoms with Crippen molar-refractivity contribution in [2.75, 3.05) is 33.5 Å². The summed E-state index contributed by atoms with van der Waals surface area (Å²) in [5.74, 6) is 4.47. The third-order valence-corrected chi connectivity index (χ3v) is 18.1. The van der Waals surface area contributed by atoms with Crippen LogP contribution in [0.1, 0.15) is 219 Å². The van der Waals surface area contributed by atoms with E-state index in [1.165, 1.54) is 74.0 Å². The molecule has 10 heteroatoms. The molecule has 0 saturated heterocycles. The Bertz CT molecular complexity index is 3520. The summed E-state index contributed by atoms with van der Waals surface area (Å²) in [5, 5.41) is 46.2. The van der Waals surface area contributed by atoms with Crippen LogP contribution in [0.4, 0.5) is 0 Å². The molecule has 11 rings (SSSR count). The van der Waals surface area contributed by atoms with Gasteiger partial charge in [0.2, 0.25) is 0 Å². The number of hydrogen-bond acceptors (Lipinski definition) is 10. The molecule has 560 valence electrons. The number of hydrogen-bond donors (Lipinski definition) is 5. The zero-order chi connectivity index (χ0) is 77.4. The lowest BCUT2D eigenvalue weighted by molar-refractivity contribution is -0.0741. The summed E-state index contributed by atoms with van der Waals surface area (Å²) in [5.41, 5.74) is 16.2. The minimum absolute atomic E-state index is 0.117. The number of aliphatic hydroxyl groups excluding tert-OH is 3. The zero-order valence-corrected chi connectivity index (χ0v) is 67.3. The van der Waals surface area contributed by atoms with Gasteiger partial charge in [-0.05, 0) is 228 Å². The van der Waals surface area contributed by atoms with Gasteiger partial charge in [-0.3, -0.25) is 9.97 Å². The predicted molar refractivity (Wildman–Crippen MR) is 432 cm³/mol. The molecule has 2 aliphatic rings. The predicted octanol–water partition coefficient (Wildman–Crippen LogP) is 21.3. The first-order valence-corrected chi connectivity index (χ1v) is 36.6. The monoisotopic (exact) mass is 1400 g/mol. The highest BCUT2D eigenvalue weighted by molar-refractivity contribution is 5.32. The lowest BCUT2D eigenvalue weighted by Crippen LogP contribution is -2.28. The zero-order valence-electron chi connectivity index (χ0n) is 67.3. The van der Waals surface area contributed by atoms with Gasteiger partial charge in [0.25, 0.3) is 0 Å². The second kappa shape index (κ2) is 43.0. The molecule has 103 heavy (non-hydrogen) atoms. The number of ether oxygens (including phenoxy) is 3. The van der Waals surface area contributed by atoms with E-state index in [1.54, 1.807) is 41.0 Å². The molecule has 2 heterocycles. The number of aryl methyl sites for hydroxylation is 7. The van der Waals surface area contributed by atoms with Gasteiger partial charge < -0.3 is 39.7 Å². The number of pyridine rings is 2. The van der Waals surface area contributed by atoms with Crippen LogP contribution in [-0.2, 0) is 42.7 Å². The van der Waals surface area contributed by atoms with Gasteiger partial charge in [-0.2, -0.15) is 0 Å². The highest BCUT2D eigenvalue weighted by Gasteiger charge is 2.34. The van der Waals surface area contributed by atoms with Crippen LogP contribution in [0.15, 0.2) is 219 Å². The smallest absolute Gasteiger partial charge is 0.118 e. The molecule has 10 nitrogen and oxygen atoms in total. The molecule has 2 aliphatic carbocycles. The first kappa shape index (κ1) is 89.6. The van der Waals surface area contributed by atoms with Crippen molar-refractivity contribution < 1.29 is 39.7 Å². The van der Waals surface area contributed by atoms with Crippen LogP contribution in [0, 0.1) is 60.3 Å². The molecule has 5 N–H and O–H groups in total. The largest absolute Gasteiger partial charge is 0.497 e. The Balaban J connectivity index is 0.000000302. The van der Waals surface area contributed by atoms with Crippen molar-refractivity contribution in [2.24, 2.45) is 11.8 Å². The second-order valence-corrected chi connectivity index (χ2v) is 31.4. The molecule has 0 bridgehead atoms. The van der Waals surface area contributed by atoms with E-state index in [-0.39, 0.29) is 36.3 Å². The lowest BCUT2D eigenvalue weighted by atomic mass is 9.85. The summed E-state index contributed by atoms with van der Waals surface area (Å²) in [6.45, 7) is 47.7. The average Bonchev–Trinajstić information content (AvgIpc) is 1.73. The number of rotatable bonds is 15. The molecule has 2 saturated carbocycles. The molecule has 2 fully saturated rings. The number of nitrogens with zero attached hydrogens (tertiary/aromatic N) is 2. The molecule has 1 unspecified atom stereocenters. The van der Waals surface area contributed by atoms with Crippen molar-refractivity contribution in [3.63, 3.8) is 0 Å². The van der Waals surface area contributed by atoms with Crippen LogP contribution in [0.2, 0.25) is 0 Å². The van der Waals surface area contributed by atoms with Gasteiger partial charge in [0, 0.05) is 30.6 Å². The van der Waals surface area contributed by atoms with E-state index in [0.717, 1.165) is 52.7 Å². The van der Waals surface area contributed by atoms with Crippen LogP contribution < -0.4 is 4.74 Å². The van der Waals surface area contributed by atoms with Gasteiger partial charge in [-0.15, -0.1) is 0 Å². The summed E-state index contributed by atoms with van der Waals surface area (Å²) >= 11 is 0. The second-order valence-electron chi connectivity index (χ2n) is 31.4. The molecule has 0 spiro atoms. The van der Waals surface area contributed by atoms with Crippen molar-refractivity contribution in [1.29, 1.82) is 0 Å². The number of aromatic nitrogens is 2. The van der Waals surface area contributed by atoms with Gasteiger partial charge in [0.05, 0.1) is 49.4 Å². The van der Waals surface area contributed by atoms with Gasteiger partial charge in [-0.1, -0.05) is 252 Å². The van der Waals surface area contributed by atoms with Crippen molar-refractivity contribution in [3.05, 3.63) is 302 Å². The Kier molecular flexibility index (Phi) is 37.4. The van der Waals surface area contributed by atoms with Gasteiger partial charge >= 0.3 is 0 Å². The Hall–Kier alpha value is -7.64. The first-order chi connectivity index (χ1) is 48.1. The maximum Gasteiger partial charge on any atom is 0.118 e. The third-order valence-electron chi connectivity index (χ3n) is 18.1. The maximum atomic E-state index is 9.58. The minimum Gasteiger partial charge on any atom is -0.497 e. The molecule has 0 amide bonds. The number of aliphatic hydroxyl groups is 5. The van der Waals surface area contributed by atoms with Crippen LogP contribution in [0.5, 0.6) is 5.75 Å². The highest BCUT2D eigenvalue weighted by atomic mass is 16.5. The Morgan fingerprint density at radius 3 is 1.10 bits per heavy atom. The van der Waals surface area contributed by atoms with E-state index >= 15 is 0 Å². The SMILES string of the molecule is CCOC(C)(C)c1ccc(C)cc1.COc1ccc(C)cc1.C[C@@H]1C[C@H]1c1ccccc1.C[C@@H]1C[C@H]1c1ccncc1.Cc1ccc(C(C)(C)C)cc1.Cc1ccc(C(C)(C)CO)cc1.Cc1ccc(C(C)(C)O)cc1.Cc1ccc(C(C)(C)O)nc1.Cc1ccc(C(C)(C)OCC(O)CO)cc1. The van der Waals surface area contributed by atoms with Gasteiger partial charge in [-0.25, -0.2) is 0 Å². The summed E-state index contributed by atoms with van der Waals surface area (Å²) in [6, 6.07) is 68.3. The molecule has 7 aromatic carbocycles. The van der Waals surface area contributed by atoms with Crippen molar-refractivity contribution in [1.82, 2.24) is 9.97 Å². The Morgan fingerprint density at radius 2 is 0.777 bits per heavy atom. The fraction of sp³-hybridized carbons (Fsp3) is 0.441. The van der Waals surface area contributed by atoms with E-state index in [0.29, 0.717) is 5.69 Å². The highest BCUT2D eigenvalue weighted by Crippen LogP contribution is 2.47. The normalized spacial score (nSPS) is 15.3. The van der Waals surface area contributed by atoms with E-state index in [1.807, 2.05) is 153 Å². The average molecular weight is 1400 g/mol. The van der Waals surface area contributed by atoms with Crippen LogP contribution >= 0.6 is 0 Å². The lowest BCUT2D eigenvalue weighted by Gasteiger charge is -2.27. The fourth-order valence-electron chi connectivity index (χ4n) is 10.3. The van der Waals surface area contributed by atoms with Crippen LogP contribution in [0.25, 0.3) is 0 Å². The van der Waals surface area contributed by atoms with E-state index in [9.17, 15) is 15.3 Å². The summed E-state index contributed by atoms with van der Waals surface area (Å²) in [7, 11) is 1.67.